The van der Waals surface area contributed by atoms with Gasteiger partial charge in [0.15, 0.2) is 0 Å². The van der Waals surface area contributed by atoms with Crippen LogP contribution in [0.1, 0.15) is 24.2 Å². The molecule has 0 spiro atoms. The summed E-state index contributed by atoms with van der Waals surface area (Å²) < 4.78 is 9.51. The lowest BCUT2D eigenvalue weighted by atomic mass is 10.2. The zero-order chi connectivity index (χ0) is 15.7. The number of ether oxygens (including phenoxy) is 2. The highest BCUT2D eigenvalue weighted by atomic mass is 16.7. The van der Waals surface area contributed by atoms with Crippen LogP contribution in [0, 0.1) is 0 Å². The van der Waals surface area contributed by atoms with Crippen LogP contribution in [0.4, 0.5) is 4.79 Å². The van der Waals surface area contributed by atoms with E-state index in [1.165, 1.54) is 31.2 Å². The molecule has 0 unspecified atom stereocenters. The molecular weight excluding hydrogens is 276 g/mol. The first-order valence-electron chi connectivity index (χ1n) is 6.50. The van der Waals surface area contributed by atoms with Crippen LogP contribution >= 0.6 is 0 Å². The molecule has 0 heterocycles. The molecule has 1 aromatic carbocycles. The minimum absolute atomic E-state index is 0.148. The predicted molar refractivity (Wildman–Crippen MR) is 75.1 cm³/mol. The highest BCUT2D eigenvalue weighted by molar-refractivity contribution is 5.94. The number of carbonyl (C=O) groups excluding carboxylic acids is 3. The maximum atomic E-state index is 11.8. The van der Waals surface area contributed by atoms with Crippen LogP contribution in [-0.4, -0.2) is 37.7 Å². The predicted octanol–water partition coefficient (Wildman–Crippen LogP) is 1.09. The summed E-state index contributed by atoms with van der Waals surface area (Å²) in [7, 11) is 0. The van der Waals surface area contributed by atoms with Gasteiger partial charge in [0.1, 0.15) is 5.75 Å². The third-order valence-corrected chi connectivity index (χ3v) is 2.36. The maximum absolute atomic E-state index is 11.8. The normalized spacial score (nSPS) is 9.62. The summed E-state index contributed by atoms with van der Waals surface area (Å²) in [6.45, 7) is 4.01. The zero-order valence-corrected chi connectivity index (χ0v) is 12.0. The Bertz CT molecular complexity index is 499. The molecule has 2 amide bonds. The van der Waals surface area contributed by atoms with Gasteiger partial charge in [-0.1, -0.05) is 0 Å². The Balaban J connectivity index is 2.44. The van der Waals surface area contributed by atoms with Gasteiger partial charge in [0.25, 0.3) is 5.91 Å². The van der Waals surface area contributed by atoms with Gasteiger partial charge in [-0.25, -0.2) is 4.79 Å². The molecule has 2 N–H and O–H groups in total. The number of hydrogen-bond acceptors (Lipinski definition) is 5. The first kappa shape index (κ1) is 16.5. The lowest BCUT2D eigenvalue weighted by Crippen LogP contribution is -2.33. The Kier molecular flexibility index (Phi) is 6.73. The van der Waals surface area contributed by atoms with Crippen molar-refractivity contribution in [1.82, 2.24) is 10.6 Å². The van der Waals surface area contributed by atoms with Crippen LogP contribution in [0.2, 0.25) is 0 Å². The van der Waals surface area contributed by atoms with E-state index in [1.54, 1.807) is 6.92 Å². The van der Waals surface area contributed by atoms with E-state index in [0.29, 0.717) is 24.4 Å². The quantitative estimate of drug-likeness (QED) is 0.465. The molecule has 0 aromatic heterocycles. The first-order valence-corrected chi connectivity index (χ1v) is 6.50. The van der Waals surface area contributed by atoms with Crippen LogP contribution in [0.25, 0.3) is 0 Å². The zero-order valence-electron chi connectivity index (χ0n) is 12.0. The van der Waals surface area contributed by atoms with E-state index in [4.69, 9.17) is 4.74 Å². The molecule has 1 aromatic rings. The lowest BCUT2D eigenvalue weighted by molar-refractivity contribution is -0.118. The molecule has 7 nitrogen and oxygen atoms in total. The molecule has 1 rings (SSSR count). The van der Waals surface area contributed by atoms with Crippen molar-refractivity contribution < 1.29 is 23.9 Å². The third kappa shape index (κ3) is 6.42. The standard InChI is InChI=1S/C14H18N2O5/c1-3-20-14(19)21-12-6-4-11(5-7-12)13(18)16-9-8-15-10(2)17/h4-7H,3,8-9H2,1-2H3,(H,15,17)(H,16,18). The number of carbonyl (C=O) groups is 3. The molecule has 0 aliphatic heterocycles. The lowest BCUT2D eigenvalue weighted by Gasteiger charge is -2.07. The van der Waals surface area contributed by atoms with E-state index in [9.17, 15) is 14.4 Å². The topological polar surface area (TPSA) is 93.7 Å². The van der Waals surface area contributed by atoms with Gasteiger partial charge in [0.2, 0.25) is 5.91 Å². The van der Waals surface area contributed by atoms with Crippen molar-refractivity contribution >= 4 is 18.0 Å². The van der Waals surface area contributed by atoms with Gasteiger partial charge in [0.05, 0.1) is 6.61 Å². The molecule has 114 valence electrons. The highest BCUT2D eigenvalue weighted by Crippen LogP contribution is 2.12. The van der Waals surface area contributed by atoms with E-state index in [2.05, 4.69) is 15.4 Å². The molecule has 0 aliphatic rings. The van der Waals surface area contributed by atoms with Crippen molar-refractivity contribution in [2.24, 2.45) is 0 Å². The van der Waals surface area contributed by atoms with Gasteiger partial charge in [-0.05, 0) is 31.2 Å². The second-order valence-electron chi connectivity index (χ2n) is 4.05. The fraction of sp³-hybridized carbons (Fsp3) is 0.357. The van der Waals surface area contributed by atoms with Crippen LogP contribution < -0.4 is 15.4 Å². The molecule has 0 fully saturated rings. The van der Waals surface area contributed by atoms with Crippen LogP contribution in [0.15, 0.2) is 24.3 Å². The van der Waals surface area contributed by atoms with Crippen LogP contribution in [0.3, 0.4) is 0 Å². The van der Waals surface area contributed by atoms with Crippen molar-refractivity contribution in [3.63, 3.8) is 0 Å². The van der Waals surface area contributed by atoms with Crippen LogP contribution in [0.5, 0.6) is 5.75 Å². The summed E-state index contributed by atoms with van der Waals surface area (Å²) in [5, 5.41) is 5.22. The molecule has 0 bridgehead atoms. The van der Waals surface area contributed by atoms with Crippen LogP contribution in [-0.2, 0) is 9.53 Å². The van der Waals surface area contributed by atoms with Crippen molar-refractivity contribution in [2.75, 3.05) is 19.7 Å². The van der Waals surface area contributed by atoms with Gasteiger partial charge in [-0.2, -0.15) is 0 Å². The number of hydrogen-bond donors (Lipinski definition) is 2. The van der Waals surface area contributed by atoms with Gasteiger partial charge < -0.3 is 20.1 Å². The second-order valence-corrected chi connectivity index (χ2v) is 4.05. The van der Waals surface area contributed by atoms with Crippen molar-refractivity contribution in [3.05, 3.63) is 29.8 Å². The van der Waals surface area contributed by atoms with E-state index in [1.807, 2.05) is 0 Å². The second kappa shape index (κ2) is 8.57. The fourth-order valence-corrected chi connectivity index (χ4v) is 1.43. The summed E-state index contributed by atoms with van der Waals surface area (Å²) in [6.07, 6.45) is -0.787. The van der Waals surface area contributed by atoms with Gasteiger partial charge in [-0.15, -0.1) is 0 Å². The summed E-state index contributed by atoms with van der Waals surface area (Å²) >= 11 is 0. The minimum atomic E-state index is -0.787. The van der Waals surface area contributed by atoms with Gasteiger partial charge in [-0.3, -0.25) is 9.59 Å². The highest BCUT2D eigenvalue weighted by Gasteiger charge is 2.08. The molecule has 0 saturated carbocycles. The van der Waals surface area contributed by atoms with Gasteiger partial charge in [0, 0.05) is 25.6 Å². The van der Waals surface area contributed by atoms with E-state index < -0.39 is 6.16 Å². The summed E-state index contributed by atoms with van der Waals surface area (Å²) in [5.41, 5.74) is 0.425. The Morgan fingerprint density at radius 3 is 2.24 bits per heavy atom. The SMILES string of the molecule is CCOC(=O)Oc1ccc(C(=O)NCCNC(C)=O)cc1. The smallest absolute Gasteiger partial charge is 0.434 e. The van der Waals surface area contributed by atoms with Crippen molar-refractivity contribution in [3.8, 4) is 5.75 Å². The maximum Gasteiger partial charge on any atom is 0.513 e. The Morgan fingerprint density at radius 2 is 1.67 bits per heavy atom. The largest absolute Gasteiger partial charge is 0.513 e. The van der Waals surface area contributed by atoms with Crippen molar-refractivity contribution in [1.29, 1.82) is 0 Å². The summed E-state index contributed by atoms with van der Waals surface area (Å²) in [6, 6.07) is 6.06. The first-order chi connectivity index (χ1) is 10.0. The monoisotopic (exact) mass is 294 g/mol. The Morgan fingerprint density at radius 1 is 1.05 bits per heavy atom. The van der Waals surface area contributed by atoms with E-state index in [-0.39, 0.29) is 18.4 Å². The minimum Gasteiger partial charge on any atom is -0.434 e. The number of benzene rings is 1. The fourth-order valence-electron chi connectivity index (χ4n) is 1.43. The molecule has 21 heavy (non-hydrogen) atoms. The van der Waals surface area contributed by atoms with E-state index >= 15 is 0 Å². The summed E-state index contributed by atoms with van der Waals surface area (Å²) in [4.78, 5) is 33.5. The number of nitrogens with one attached hydrogen (secondary N) is 2. The number of amides is 2. The molecule has 0 aliphatic carbocycles. The number of rotatable bonds is 6. The molecule has 0 atom stereocenters. The molecule has 7 heteroatoms. The van der Waals surface area contributed by atoms with Crippen molar-refractivity contribution in [2.45, 2.75) is 13.8 Å². The third-order valence-electron chi connectivity index (χ3n) is 2.36. The molecule has 0 saturated heterocycles. The molecule has 0 radical (unpaired) electrons. The Labute approximate surface area is 122 Å². The average molecular weight is 294 g/mol. The Hall–Kier alpha value is -2.57. The average Bonchev–Trinajstić information content (AvgIpc) is 2.44. The van der Waals surface area contributed by atoms with Gasteiger partial charge >= 0.3 is 6.16 Å². The molecular formula is C14H18N2O5. The van der Waals surface area contributed by atoms with E-state index in [0.717, 1.165) is 0 Å². The summed E-state index contributed by atoms with van der Waals surface area (Å²) in [5.74, 6) is -0.129.